The second-order valence-corrected chi connectivity index (χ2v) is 5.42. The number of aryl methyl sites for hydroxylation is 2. The summed E-state index contributed by atoms with van der Waals surface area (Å²) in [4.78, 5) is 16.3. The number of halogens is 1. The predicted octanol–water partition coefficient (Wildman–Crippen LogP) is 4.36. The maximum atomic E-state index is 12.9. The average Bonchev–Trinajstić information content (AvgIpc) is 3.11. The molecule has 24 heavy (non-hydrogen) atoms. The molecular weight excluding hydrogens is 313 g/mol. The van der Waals surface area contributed by atoms with E-state index < -0.39 is 5.97 Å². The number of nitrogens with zero attached hydrogens (tertiary/aromatic N) is 1. The molecule has 0 saturated heterocycles. The van der Waals surface area contributed by atoms with Crippen molar-refractivity contribution in [2.24, 2.45) is 0 Å². The van der Waals surface area contributed by atoms with Crippen molar-refractivity contribution in [1.29, 1.82) is 0 Å². The Balaban J connectivity index is 1.69. The van der Waals surface area contributed by atoms with Gasteiger partial charge in [0.05, 0.1) is 6.20 Å². The first-order valence-electron chi connectivity index (χ1n) is 7.40. The maximum Gasteiger partial charge on any atom is 0.342 e. The second-order valence-electron chi connectivity index (χ2n) is 5.42. The SMILES string of the molecule is Cc1oc(C)c(C(=O)OCc2ncc(-c3ccc(F)cc3)o2)c1C. The fourth-order valence-corrected chi connectivity index (χ4v) is 2.42. The van der Waals surface area contributed by atoms with Crippen LogP contribution < -0.4 is 0 Å². The van der Waals surface area contributed by atoms with Gasteiger partial charge >= 0.3 is 5.97 Å². The van der Waals surface area contributed by atoms with Crippen LogP contribution in [0.5, 0.6) is 0 Å². The van der Waals surface area contributed by atoms with Gasteiger partial charge in [-0.15, -0.1) is 0 Å². The summed E-state index contributed by atoms with van der Waals surface area (Å²) in [5.74, 6) is 1.14. The summed E-state index contributed by atoms with van der Waals surface area (Å²) in [7, 11) is 0. The summed E-state index contributed by atoms with van der Waals surface area (Å²) >= 11 is 0. The van der Waals surface area contributed by atoms with E-state index in [0.29, 0.717) is 28.4 Å². The first-order valence-corrected chi connectivity index (χ1v) is 7.40. The topological polar surface area (TPSA) is 65.5 Å². The number of hydrogen-bond acceptors (Lipinski definition) is 5. The molecule has 3 aromatic rings. The molecule has 0 bridgehead atoms. The van der Waals surface area contributed by atoms with Gasteiger partial charge in [0, 0.05) is 11.1 Å². The standard InChI is InChI=1S/C18H16FNO4/c1-10-11(2)23-12(3)17(10)18(21)22-9-16-20-8-15(24-16)13-4-6-14(19)7-5-13/h4-8H,9H2,1-3H3. The Hall–Kier alpha value is -2.89. The summed E-state index contributed by atoms with van der Waals surface area (Å²) in [6.45, 7) is 5.22. The molecule has 0 unspecified atom stereocenters. The molecule has 0 aliphatic rings. The molecule has 0 spiro atoms. The number of esters is 1. The van der Waals surface area contributed by atoms with Gasteiger partial charge in [-0.1, -0.05) is 0 Å². The number of rotatable bonds is 4. The van der Waals surface area contributed by atoms with Gasteiger partial charge in [0.1, 0.15) is 22.9 Å². The van der Waals surface area contributed by atoms with Gasteiger partial charge in [-0.05, 0) is 45.0 Å². The van der Waals surface area contributed by atoms with Crippen LogP contribution in [0.4, 0.5) is 4.39 Å². The quantitative estimate of drug-likeness (QED) is 0.666. The first kappa shape index (κ1) is 16.0. The third-order valence-corrected chi connectivity index (χ3v) is 3.77. The molecule has 0 N–H and O–H groups in total. The van der Waals surface area contributed by atoms with Crippen molar-refractivity contribution >= 4 is 5.97 Å². The number of aromatic nitrogens is 1. The minimum absolute atomic E-state index is 0.0941. The van der Waals surface area contributed by atoms with Gasteiger partial charge in [-0.25, -0.2) is 14.2 Å². The van der Waals surface area contributed by atoms with E-state index in [9.17, 15) is 9.18 Å². The lowest BCUT2D eigenvalue weighted by atomic mass is 10.1. The van der Waals surface area contributed by atoms with E-state index in [2.05, 4.69) is 4.98 Å². The van der Waals surface area contributed by atoms with Crippen LogP contribution in [0, 0.1) is 26.6 Å². The molecule has 0 aliphatic carbocycles. The van der Waals surface area contributed by atoms with E-state index in [0.717, 1.165) is 5.56 Å². The number of hydrogen-bond donors (Lipinski definition) is 0. The van der Waals surface area contributed by atoms with Crippen LogP contribution in [-0.2, 0) is 11.3 Å². The molecule has 5 nitrogen and oxygen atoms in total. The molecule has 2 aromatic heterocycles. The molecule has 6 heteroatoms. The number of ether oxygens (including phenoxy) is 1. The Kier molecular flexibility index (Phi) is 4.20. The molecule has 0 atom stereocenters. The fourth-order valence-electron chi connectivity index (χ4n) is 2.42. The predicted molar refractivity (Wildman–Crippen MR) is 83.9 cm³/mol. The maximum absolute atomic E-state index is 12.9. The largest absolute Gasteiger partial charge is 0.465 e. The summed E-state index contributed by atoms with van der Waals surface area (Å²) in [6, 6.07) is 5.86. The highest BCUT2D eigenvalue weighted by molar-refractivity contribution is 5.92. The number of benzene rings is 1. The lowest BCUT2D eigenvalue weighted by molar-refractivity contribution is 0.0436. The zero-order valence-corrected chi connectivity index (χ0v) is 13.6. The van der Waals surface area contributed by atoms with Crippen molar-refractivity contribution in [3.8, 4) is 11.3 Å². The summed E-state index contributed by atoms with van der Waals surface area (Å²) in [5.41, 5.74) is 1.88. The van der Waals surface area contributed by atoms with E-state index in [1.807, 2.05) is 0 Å². The minimum atomic E-state index is -0.483. The van der Waals surface area contributed by atoms with E-state index in [4.69, 9.17) is 13.6 Å². The van der Waals surface area contributed by atoms with Crippen LogP contribution >= 0.6 is 0 Å². The smallest absolute Gasteiger partial charge is 0.342 e. The number of carbonyl (C=O) groups is 1. The molecule has 0 saturated carbocycles. The zero-order valence-electron chi connectivity index (χ0n) is 13.6. The molecule has 2 heterocycles. The lowest BCUT2D eigenvalue weighted by Crippen LogP contribution is -2.07. The van der Waals surface area contributed by atoms with Gasteiger partial charge in [0.15, 0.2) is 12.4 Å². The lowest BCUT2D eigenvalue weighted by Gasteiger charge is -2.02. The summed E-state index contributed by atoms with van der Waals surface area (Å²) < 4.78 is 29.1. The van der Waals surface area contributed by atoms with E-state index in [1.54, 1.807) is 32.9 Å². The van der Waals surface area contributed by atoms with Crippen molar-refractivity contribution in [2.75, 3.05) is 0 Å². The third-order valence-electron chi connectivity index (χ3n) is 3.77. The minimum Gasteiger partial charge on any atom is -0.465 e. The highest BCUT2D eigenvalue weighted by atomic mass is 19.1. The third kappa shape index (κ3) is 3.08. The van der Waals surface area contributed by atoms with Crippen molar-refractivity contribution in [3.05, 3.63) is 64.8 Å². The first-order chi connectivity index (χ1) is 11.5. The van der Waals surface area contributed by atoms with Crippen LogP contribution in [0.2, 0.25) is 0 Å². The molecule has 0 amide bonds. The van der Waals surface area contributed by atoms with Gasteiger partial charge in [-0.3, -0.25) is 0 Å². The van der Waals surface area contributed by atoms with Crippen molar-refractivity contribution in [2.45, 2.75) is 27.4 Å². The zero-order chi connectivity index (χ0) is 17.3. The fraction of sp³-hybridized carbons (Fsp3) is 0.222. The monoisotopic (exact) mass is 329 g/mol. The van der Waals surface area contributed by atoms with E-state index in [1.165, 1.54) is 18.3 Å². The molecule has 3 rings (SSSR count). The summed E-state index contributed by atoms with van der Waals surface area (Å²) in [6.07, 6.45) is 1.51. The van der Waals surface area contributed by atoms with Gasteiger partial charge in [0.25, 0.3) is 0 Å². The Labute approximate surface area is 138 Å². The van der Waals surface area contributed by atoms with Crippen molar-refractivity contribution < 1.29 is 22.8 Å². The average molecular weight is 329 g/mol. The van der Waals surface area contributed by atoms with E-state index >= 15 is 0 Å². The Morgan fingerprint density at radius 1 is 1.12 bits per heavy atom. The van der Waals surface area contributed by atoms with Gasteiger partial charge in [0.2, 0.25) is 5.89 Å². The Morgan fingerprint density at radius 2 is 1.83 bits per heavy atom. The molecule has 0 fully saturated rings. The molecule has 1 aromatic carbocycles. The van der Waals surface area contributed by atoms with Gasteiger partial charge < -0.3 is 13.6 Å². The van der Waals surface area contributed by atoms with Crippen LogP contribution in [0.25, 0.3) is 11.3 Å². The number of furan rings is 1. The van der Waals surface area contributed by atoms with Crippen LogP contribution in [-0.4, -0.2) is 11.0 Å². The van der Waals surface area contributed by atoms with E-state index in [-0.39, 0.29) is 18.3 Å². The molecule has 0 aliphatic heterocycles. The number of carbonyl (C=O) groups excluding carboxylic acids is 1. The number of oxazole rings is 1. The van der Waals surface area contributed by atoms with Crippen LogP contribution in [0.1, 0.15) is 33.3 Å². The highest BCUT2D eigenvalue weighted by Gasteiger charge is 2.20. The second kappa shape index (κ2) is 6.31. The van der Waals surface area contributed by atoms with Crippen LogP contribution in [0.15, 0.2) is 39.3 Å². The molecule has 124 valence electrons. The van der Waals surface area contributed by atoms with Gasteiger partial charge in [-0.2, -0.15) is 0 Å². The van der Waals surface area contributed by atoms with Crippen molar-refractivity contribution in [1.82, 2.24) is 4.98 Å². The summed E-state index contributed by atoms with van der Waals surface area (Å²) in [5, 5.41) is 0. The highest BCUT2D eigenvalue weighted by Crippen LogP contribution is 2.23. The van der Waals surface area contributed by atoms with Crippen LogP contribution in [0.3, 0.4) is 0 Å². The molecular formula is C18H16FNO4. The Bertz CT molecular complexity index is 877. The normalized spacial score (nSPS) is 10.8. The van der Waals surface area contributed by atoms with Crippen molar-refractivity contribution in [3.63, 3.8) is 0 Å². The molecule has 0 radical (unpaired) electrons. The Morgan fingerprint density at radius 3 is 2.46 bits per heavy atom.